The molecule has 0 aliphatic heterocycles. The van der Waals surface area contributed by atoms with E-state index in [1.807, 2.05) is 13.0 Å². The van der Waals surface area contributed by atoms with E-state index in [1.165, 1.54) is 11.3 Å². The third-order valence-electron chi connectivity index (χ3n) is 3.98. The molecule has 0 saturated carbocycles. The number of hydrogen-bond donors (Lipinski definition) is 1. The summed E-state index contributed by atoms with van der Waals surface area (Å²) in [5.74, 6) is 2.07. The molecule has 4 heteroatoms. The molecule has 19 heavy (non-hydrogen) atoms. The molecule has 2 aromatic rings. The molecule has 0 bridgehead atoms. The summed E-state index contributed by atoms with van der Waals surface area (Å²) in [5.41, 5.74) is 10.4. The van der Waals surface area contributed by atoms with Crippen LogP contribution in [0.4, 0.5) is 0 Å². The van der Waals surface area contributed by atoms with Crippen molar-refractivity contribution >= 4 is 0 Å². The normalized spacial score (nSPS) is 18.4. The molecule has 2 heterocycles. The minimum Gasteiger partial charge on any atom is -0.461 e. The van der Waals surface area contributed by atoms with Gasteiger partial charge in [0.2, 0.25) is 0 Å². The van der Waals surface area contributed by atoms with Gasteiger partial charge in [-0.1, -0.05) is 0 Å². The van der Waals surface area contributed by atoms with Gasteiger partial charge in [0.1, 0.15) is 0 Å². The highest BCUT2D eigenvalue weighted by Crippen LogP contribution is 2.29. The zero-order valence-electron chi connectivity index (χ0n) is 11.4. The second-order valence-electron chi connectivity index (χ2n) is 5.34. The predicted molar refractivity (Wildman–Crippen MR) is 73.8 cm³/mol. The van der Waals surface area contributed by atoms with Crippen molar-refractivity contribution in [3.63, 3.8) is 0 Å². The summed E-state index contributed by atoms with van der Waals surface area (Å²) in [6.45, 7) is 4.82. The Balaban J connectivity index is 2.04. The summed E-state index contributed by atoms with van der Waals surface area (Å²) in [4.78, 5) is 9.31. The van der Waals surface area contributed by atoms with Gasteiger partial charge >= 0.3 is 0 Å². The SMILES string of the molecule is Cc1ccoc1-c1nc(C)c2c(n1)CCC(CN)C2. The molecule has 0 radical (unpaired) electrons. The summed E-state index contributed by atoms with van der Waals surface area (Å²) in [6, 6.07) is 1.94. The van der Waals surface area contributed by atoms with E-state index >= 15 is 0 Å². The molecule has 0 aromatic carbocycles. The maximum absolute atomic E-state index is 5.78. The number of nitrogens with two attached hydrogens (primary N) is 1. The van der Waals surface area contributed by atoms with E-state index in [-0.39, 0.29) is 0 Å². The molecular weight excluding hydrogens is 238 g/mol. The molecule has 0 spiro atoms. The van der Waals surface area contributed by atoms with E-state index < -0.39 is 0 Å². The maximum Gasteiger partial charge on any atom is 0.196 e. The smallest absolute Gasteiger partial charge is 0.196 e. The number of aromatic nitrogens is 2. The lowest BCUT2D eigenvalue weighted by Crippen LogP contribution is -2.24. The Labute approximate surface area is 113 Å². The first-order valence-corrected chi connectivity index (χ1v) is 6.80. The van der Waals surface area contributed by atoms with Crippen LogP contribution >= 0.6 is 0 Å². The Morgan fingerprint density at radius 1 is 1.37 bits per heavy atom. The van der Waals surface area contributed by atoms with Gasteiger partial charge in [0.05, 0.1) is 6.26 Å². The number of hydrogen-bond acceptors (Lipinski definition) is 4. The molecule has 0 fully saturated rings. The van der Waals surface area contributed by atoms with Crippen LogP contribution in [0.3, 0.4) is 0 Å². The first-order chi connectivity index (χ1) is 9.19. The summed E-state index contributed by atoms with van der Waals surface area (Å²) in [6.07, 6.45) is 4.81. The minimum atomic E-state index is 0.575. The van der Waals surface area contributed by atoms with Gasteiger partial charge in [-0.25, -0.2) is 9.97 Å². The fourth-order valence-electron chi connectivity index (χ4n) is 2.76. The molecule has 3 rings (SSSR count). The summed E-state index contributed by atoms with van der Waals surface area (Å²) >= 11 is 0. The summed E-state index contributed by atoms with van der Waals surface area (Å²) < 4.78 is 5.49. The van der Waals surface area contributed by atoms with E-state index in [0.29, 0.717) is 11.7 Å². The Morgan fingerprint density at radius 2 is 2.21 bits per heavy atom. The van der Waals surface area contributed by atoms with Crippen LogP contribution in [0.25, 0.3) is 11.6 Å². The van der Waals surface area contributed by atoms with Gasteiger partial charge in [-0.3, -0.25) is 0 Å². The minimum absolute atomic E-state index is 0.575. The maximum atomic E-state index is 5.78. The van der Waals surface area contributed by atoms with Gasteiger partial charge in [-0.05, 0) is 62.8 Å². The van der Waals surface area contributed by atoms with Crippen molar-refractivity contribution in [3.8, 4) is 11.6 Å². The second-order valence-corrected chi connectivity index (χ2v) is 5.34. The summed E-state index contributed by atoms with van der Waals surface area (Å²) in [7, 11) is 0. The van der Waals surface area contributed by atoms with Crippen molar-refractivity contribution in [3.05, 3.63) is 34.8 Å². The molecule has 1 atom stereocenters. The zero-order chi connectivity index (χ0) is 13.4. The van der Waals surface area contributed by atoms with Crippen molar-refractivity contribution in [2.45, 2.75) is 33.1 Å². The van der Waals surface area contributed by atoms with Crippen LogP contribution in [-0.4, -0.2) is 16.5 Å². The van der Waals surface area contributed by atoms with Crippen LogP contribution in [0.2, 0.25) is 0 Å². The molecule has 0 amide bonds. The average Bonchev–Trinajstić information content (AvgIpc) is 2.84. The molecule has 1 unspecified atom stereocenters. The van der Waals surface area contributed by atoms with Crippen LogP contribution in [0, 0.1) is 19.8 Å². The van der Waals surface area contributed by atoms with E-state index in [0.717, 1.165) is 42.8 Å². The topological polar surface area (TPSA) is 64.9 Å². The highest BCUT2D eigenvalue weighted by molar-refractivity contribution is 5.53. The first kappa shape index (κ1) is 12.4. The first-order valence-electron chi connectivity index (χ1n) is 6.80. The fourth-order valence-corrected chi connectivity index (χ4v) is 2.76. The predicted octanol–water partition coefficient (Wildman–Crippen LogP) is 2.42. The Morgan fingerprint density at radius 3 is 2.89 bits per heavy atom. The molecule has 1 aliphatic carbocycles. The number of nitrogens with zero attached hydrogens (tertiary/aromatic N) is 2. The van der Waals surface area contributed by atoms with Crippen molar-refractivity contribution in [2.24, 2.45) is 11.7 Å². The number of rotatable bonds is 2. The van der Waals surface area contributed by atoms with Crippen molar-refractivity contribution in [1.29, 1.82) is 0 Å². The summed E-state index contributed by atoms with van der Waals surface area (Å²) in [5, 5.41) is 0. The van der Waals surface area contributed by atoms with Gasteiger partial charge in [-0.2, -0.15) is 0 Å². The van der Waals surface area contributed by atoms with Crippen molar-refractivity contribution in [1.82, 2.24) is 9.97 Å². The van der Waals surface area contributed by atoms with Crippen LogP contribution in [0.15, 0.2) is 16.7 Å². The van der Waals surface area contributed by atoms with Gasteiger partial charge in [0.15, 0.2) is 11.6 Å². The lowest BCUT2D eigenvalue weighted by atomic mass is 9.86. The monoisotopic (exact) mass is 257 g/mol. The second kappa shape index (κ2) is 4.78. The van der Waals surface area contributed by atoms with Gasteiger partial charge in [0, 0.05) is 11.4 Å². The number of aryl methyl sites for hydroxylation is 3. The van der Waals surface area contributed by atoms with E-state index in [4.69, 9.17) is 15.1 Å². The lowest BCUT2D eigenvalue weighted by molar-refractivity contribution is 0.459. The Hall–Kier alpha value is -1.68. The molecular formula is C15H19N3O. The van der Waals surface area contributed by atoms with Gasteiger partial charge < -0.3 is 10.2 Å². The van der Waals surface area contributed by atoms with Crippen molar-refractivity contribution in [2.75, 3.05) is 6.54 Å². The fraction of sp³-hybridized carbons (Fsp3) is 0.467. The van der Waals surface area contributed by atoms with E-state index in [9.17, 15) is 0 Å². The van der Waals surface area contributed by atoms with Crippen LogP contribution in [-0.2, 0) is 12.8 Å². The highest BCUT2D eigenvalue weighted by atomic mass is 16.3. The molecule has 2 aromatic heterocycles. The zero-order valence-corrected chi connectivity index (χ0v) is 11.4. The lowest BCUT2D eigenvalue weighted by Gasteiger charge is -2.24. The van der Waals surface area contributed by atoms with E-state index in [1.54, 1.807) is 6.26 Å². The molecule has 0 saturated heterocycles. The van der Waals surface area contributed by atoms with E-state index in [2.05, 4.69) is 11.9 Å². The van der Waals surface area contributed by atoms with Gasteiger partial charge in [-0.15, -0.1) is 0 Å². The third kappa shape index (κ3) is 2.16. The third-order valence-corrected chi connectivity index (χ3v) is 3.98. The molecule has 2 N–H and O–H groups in total. The Kier molecular flexibility index (Phi) is 3.11. The quantitative estimate of drug-likeness (QED) is 0.897. The Bertz CT molecular complexity index is 603. The van der Waals surface area contributed by atoms with Crippen LogP contribution in [0.1, 0.15) is 28.9 Å². The molecule has 100 valence electrons. The van der Waals surface area contributed by atoms with Crippen molar-refractivity contribution < 1.29 is 4.42 Å². The number of fused-ring (bicyclic) bond motifs is 1. The molecule has 1 aliphatic rings. The standard InChI is InChI=1S/C15H19N3O/c1-9-5-6-19-14(9)15-17-10(2)12-7-11(8-16)3-4-13(12)18-15/h5-6,11H,3-4,7-8,16H2,1-2H3. The van der Waals surface area contributed by atoms with Gasteiger partial charge in [0.25, 0.3) is 0 Å². The average molecular weight is 257 g/mol. The highest BCUT2D eigenvalue weighted by Gasteiger charge is 2.23. The van der Waals surface area contributed by atoms with Crippen LogP contribution < -0.4 is 5.73 Å². The largest absolute Gasteiger partial charge is 0.461 e. The number of furan rings is 1. The van der Waals surface area contributed by atoms with Crippen LogP contribution in [0.5, 0.6) is 0 Å². The molecule has 4 nitrogen and oxygen atoms in total.